The summed E-state index contributed by atoms with van der Waals surface area (Å²) < 4.78 is 0. The van der Waals surface area contributed by atoms with Crippen molar-refractivity contribution in [2.24, 2.45) is 0 Å². The highest BCUT2D eigenvalue weighted by Gasteiger charge is 1.94. The standard InChI is InChI=1S/C10H19NO/c1-3-4-5-6-7-8-9-10(12)11-2/h4-5H,3,6-9H2,1-2H3,(H,11,12). The van der Waals surface area contributed by atoms with Gasteiger partial charge in [-0.3, -0.25) is 4.79 Å². The van der Waals surface area contributed by atoms with E-state index in [4.69, 9.17) is 0 Å². The van der Waals surface area contributed by atoms with E-state index >= 15 is 0 Å². The third-order valence-corrected chi connectivity index (χ3v) is 1.71. The van der Waals surface area contributed by atoms with E-state index in [-0.39, 0.29) is 5.91 Å². The molecule has 70 valence electrons. The fraction of sp³-hybridized carbons (Fsp3) is 0.700. The molecule has 0 heterocycles. The quantitative estimate of drug-likeness (QED) is 0.479. The second-order valence-corrected chi connectivity index (χ2v) is 2.80. The molecule has 0 aliphatic rings. The zero-order chi connectivity index (χ0) is 9.23. The molecule has 0 atom stereocenters. The maximum absolute atomic E-state index is 10.8. The van der Waals surface area contributed by atoms with Gasteiger partial charge in [-0.15, -0.1) is 0 Å². The van der Waals surface area contributed by atoms with Crippen molar-refractivity contribution in [2.75, 3.05) is 7.05 Å². The number of unbranched alkanes of at least 4 members (excludes halogenated alkanes) is 2. The molecule has 0 aromatic heterocycles. The average molecular weight is 169 g/mol. The van der Waals surface area contributed by atoms with Gasteiger partial charge in [-0.1, -0.05) is 19.1 Å². The fourth-order valence-electron chi connectivity index (χ4n) is 0.957. The predicted molar refractivity (Wildman–Crippen MR) is 52.0 cm³/mol. The first kappa shape index (κ1) is 11.2. The van der Waals surface area contributed by atoms with Gasteiger partial charge in [0.15, 0.2) is 0 Å². The topological polar surface area (TPSA) is 29.1 Å². The minimum Gasteiger partial charge on any atom is -0.359 e. The van der Waals surface area contributed by atoms with Crippen LogP contribution in [0, 0.1) is 0 Å². The molecule has 0 aliphatic carbocycles. The summed E-state index contributed by atoms with van der Waals surface area (Å²) in [6.07, 6.45) is 9.33. The Balaban J connectivity index is 3.10. The van der Waals surface area contributed by atoms with Crippen LogP contribution in [0.15, 0.2) is 12.2 Å². The maximum atomic E-state index is 10.8. The van der Waals surface area contributed by atoms with Gasteiger partial charge < -0.3 is 5.32 Å². The smallest absolute Gasteiger partial charge is 0.219 e. The zero-order valence-electron chi connectivity index (χ0n) is 8.10. The van der Waals surface area contributed by atoms with Gasteiger partial charge in [0, 0.05) is 13.5 Å². The van der Waals surface area contributed by atoms with Gasteiger partial charge in [0.05, 0.1) is 0 Å². The van der Waals surface area contributed by atoms with Gasteiger partial charge in [-0.05, 0) is 25.7 Å². The molecule has 2 heteroatoms. The maximum Gasteiger partial charge on any atom is 0.219 e. The first-order valence-electron chi connectivity index (χ1n) is 4.66. The van der Waals surface area contributed by atoms with Crippen molar-refractivity contribution in [1.82, 2.24) is 5.32 Å². The molecule has 1 amide bonds. The van der Waals surface area contributed by atoms with Gasteiger partial charge in [-0.2, -0.15) is 0 Å². The second-order valence-electron chi connectivity index (χ2n) is 2.80. The van der Waals surface area contributed by atoms with E-state index in [2.05, 4.69) is 24.4 Å². The Morgan fingerprint density at radius 2 is 2.08 bits per heavy atom. The normalized spacial score (nSPS) is 10.5. The summed E-state index contributed by atoms with van der Waals surface area (Å²) in [4.78, 5) is 10.8. The summed E-state index contributed by atoms with van der Waals surface area (Å²) in [5.41, 5.74) is 0. The monoisotopic (exact) mass is 169 g/mol. The molecule has 0 saturated carbocycles. The first-order valence-corrected chi connectivity index (χ1v) is 4.66. The van der Waals surface area contributed by atoms with Gasteiger partial charge in [0.1, 0.15) is 0 Å². The lowest BCUT2D eigenvalue weighted by Crippen LogP contribution is -2.16. The van der Waals surface area contributed by atoms with Crippen molar-refractivity contribution in [2.45, 2.75) is 39.0 Å². The Kier molecular flexibility index (Phi) is 7.76. The van der Waals surface area contributed by atoms with Gasteiger partial charge in [0.25, 0.3) is 0 Å². The van der Waals surface area contributed by atoms with E-state index in [0.717, 1.165) is 25.7 Å². The van der Waals surface area contributed by atoms with Crippen LogP contribution in [0.4, 0.5) is 0 Å². The molecule has 12 heavy (non-hydrogen) atoms. The third-order valence-electron chi connectivity index (χ3n) is 1.71. The highest BCUT2D eigenvalue weighted by molar-refractivity contribution is 5.75. The molecular formula is C10H19NO. The molecule has 0 radical (unpaired) electrons. The molecule has 0 unspecified atom stereocenters. The second kappa shape index (κ2) is 8.31. The van der Waals surface area contributed by atoms with Crippen LogP contribution in [-0.2, 0) is 4.79 Å². The molecule has 0 fully saturated rings. The molecule has 0 rings (SSSR count). The minimum absolute atomic E-state index is 0.148. The van der Waals surface area contributed by atoms with E-state index in [1.165, 1.54) is 0 Å². The predicted octanol–water partition coefficient (Wildman–Crippen LogP) is 2.26. The van der Waals surface area contributed by atoms with E-state index in [1.54, 1.807) is 7.05 Å². The largest absolute Gasteiger partial charge is 0.359 e. The van der Waals surface area contributed by atoms with Crippen LogP contribution in [0.3, 0.4) is 0 Å². The highest BCUT2D eigenvalue weighted by Crippen LogP contribution is 2.00. The Morgan fingerprint density at radius 1 is 1.33 bits per heavy atom. The van der Waals surface area contributed by atoms with Crippen molar-refractivity contribution in [3.63, 3.8) is 0 Å². The molecule has 0 aliphatic heterocycles. The van der Waals surface area contributed by atoms with Crippen LogP contribution in [-0.4, -0.2) is 13.0 Å². The summed E-state index contributed by atoms with van der Waals surface area (Å²) in [7, 11) is 1.68. The van der Waals surface area contributed by atoms with Crippen LogP contribution in [0.2, 0.25) is 0 Å². The lowest BCUT2D eigenvalue weighted by atomic mass is 10.2. The average Bonchev–Trinajstić information content (AvgIpc) is 2.10. The van der Waals surface area contributed by atoms with Crippen molar-refractivity contribution in [3.05, 3.63) is 12.2 Å². The Morgan fingerprint density at radius 3 is 2.67 bits per heavy atom. The molecule has 0 spiro atoms. The number of nitrogens with one attached hydrogen (secondary N) is 1. The van der Waals surface area contributed by atoms with Gasteiger partial charge in [0.2, 0.25) is 5.91 Å². The minimum atomic E-state index is 0.148. The number of hydrogen-bond acceptors (Lipinski definition) is 1. The van der Waals surface area contributed by atoms with Gasteiger partial charge >= 0.3 is 0 Å². The van der Waals surface area contributed by atoms with E-state index in [1.807, 2.05) is 0 Å². The summed E-state index contributed by atoms with van der Waals surface area (Å²) in [6, 6.07) is 0. The molecule has 0 saturated heterocycles. The number of carbonyl (C=O) groups is 1. The van der Waals surface area contributed by atoms with E-state index in [0.29, 0.717) is 6.42 Å². The summed E-state index contributed by atoms with van der Waals surface area (Å²) in [5, 5.41) is 2.61. The molecular weight excluding hydrogens is 150 g/mol. The Bertz CT molecular complexity index is 141. The fourth-order valence-corrected chi connectivity index (χ4v) is 0.957. The lowest BCUT2D eigenvalue weighted by Gasteiger charge is -1.97. The zero-order valence-corrected chi connectivity index (χ0v) is 8.10. The molecule has 0 aromatic carbocycles. The molecule has 0 aromatic rings. The van der Waals surface area contributed by atoms with Crippen molar-refractivity contribution in [1.29, 1.82) is 0 Å². The Hall–Kier alpha value is -0.790. The van der Waals surface area contributed by atoms with Crippen LogP contribution >= 0.6 is 0 Å². The number of allylic oxidation sites excluding steroid dienone is 2. The molecule has 2 nitrogen and oxygen atoms in total. The van der Waals surface area contributed by atoms with E-state index < -0.39 is 0 Å². The number of rotatable bonds is 6. The first-order chi connectivity index (χ1) is 5.81. The molecule has 0 bridgehead atoms. The van der Waals surface area contributed by atoms with Crippen molar-refractivity contribution < 1.29 is 4.79 Å². The number of hydrogen-bond donors (Lipinski definition) is 1. The number of carbonyl (C=O) groups excluding carboxylic acids is 1. The van der Waals surface area contributed by atoms with Gasteiger partial charge in [-0.25, -0.2) is 0 Å². The van der Waals surface area contributed by atoms with Crippen LogP contribution in [0.1, 0.15) is 39.0 Å². The van der Waals surface area contributed by atoms with Crippen LogP contribution < -0.4 is 5.32 Å². The highest BCUT2D eigenvalue weighted by atomic mass is 16.1. The van der Waals surface area contributed by atoms with E-state index in [9.17, 15) is 4.79 Å². The Labute approximate surface area is 75.0 Å². The van der Waals surface area contributed by atoms with Crippen LogP contribution in [0.5, 0.6) is 0 Å². The van der Waals surface area contributed by atoms with Crippen molar-refractivity contribution >= 4 is 5.91 Å². The third kappa shape index (κ3) is 7.32. The molecule has 1 N–H and O–H groups in total. The number of amides is 1. The summed E-state index contributed by atoms with van der Waals surface area (Å²) in [6.45, 7) is 2.13. The summed E-state index contributed by atoms with van der Waals surface area (Å²) in [5.74, 6) is 0.148. The van der Waals surface area contributed by atoms with Crippen molar-refractivity contribution in [3.8, 4) is 0 Å². The van der Waals surface area contributed by atoms with Crippen LogP contribution in [0.25, 0.3) is 0 Å². The SMILES string of the molecule is CCC=CCCCCC(=O)NC. The summed E-state index contributed by atoms with van der Waals surface area (Å²) >= 11 is 0. The lowest BCUT2D eigenvalue weighted by molar-refractivity contribution is -0.120.